The van der Waals surface area contributed by atoms with E-state index in [1.807, 2.05) is 24.1 Å². The quantitative estimate of drug-likeness (QED) is 0.910. The maximum Gasteiger partial charge on any atom is 0.225 e. The molecule has 1 saturated heterocycles. The first kappa shape index (κ1) is 16.2. The van der Waals surface area contributed by atoms with Crippen LogP contribution in [-0.2, 0) is 4.79 Å². The number of rotatable bonds is 4. The van der Waals surface area contributed by atoms with Crippen molar-refractivity contribution in [3.63, 3.8) is 0 Å². The van der Waals surface area contributed by atoms with Gasteiger partial charge in [0.15, 0.2) is 5.82 Å². The molecule has 126 valence electrons. The topological polar surface area (TPSA) is 69.6 Å². The molecule has 0 spiro atoms. The van der Waals surface area contributed by atoms with Gasteiger partial charge in [0.05, 0.1) is 6.10 Å². The van der Waals surface area contributed by atoms with Crippen LogP contribution in [0.15, 0.2) is 18.3 Å². The highest BCUT2D eigenvalue weighted by atomic mass is 16.3. The molecular weight excluding hydrogens is 292 g/mol. The maximum absolute atomic E-state index is 12.6. The van der Waals surface area contributed by atoms with E-state index in [0.717, 1.165) is 57.4 Å². The van der Waals surface area contributed by atoms with Crippen molar-refractivity contribution in [1.29, 1.82) is 0 Å². The number of aromatic nitrogens is 2. The highest BCUT2D eigenvalue weighted by Gasteiger charge is 2.31. The summed E-state index contributed by atoms with van der Waals surface area (Å²) in [5, 5.41) is 17.8. The zero-order valence-electron chi connectivity index (χ0n) is 13.8. The molecule has 0 radical (unpaired) electrons. The van der Waals surface area contributed by atoms with Crippen molar-refractivity contribution in [2.75, 3.05) is 25.0 Å². The molecule has 2 aliphatic rings. The molecule has 1 atom stereocenters. The summed E-state index contributed by atoms with van der Waals surface area (Å²) >= 11 is 0. The van der Waals surface area contributed by atoms with Gasteiger partial charge in [-0.2, -0.15) is 5.10 Å². The molecule has 1 N–H and O–H groups in total. The lowest BCUT2D eigenvalue weighted by Gasteiger charge is -2.32. The van der Waals surface area contributed by atoms with E-state index in [9.17, 15) is 9.90 Å². The number of aliphatic hydroxyl groups is 1. The average Bonchev–Trinajstić information content (AvgIpc) is 3.04. The summed E-state index contributed by atoms with van der Waals surface area (Å²) in [5.74, 6) is 1.20. The SMILES string of the molecule is CN(C[C@@H]1CCCN1c1cccnn1)C(=O)C1CCC(O)CC1. The Hall–Kier alpha value is -1.69. The fourth-order valence-corrected chi connectivity index (χ4v) is 3.81. The maximum atomic E-state index is 12.6. The summed E-state index contributed by atoms with van der Waals surface area (Å²) < 4.78 is 0. The minimum atomic E-state index is -0.216. The van der Waals surface area contributed by atoms with Crippen molar-refractivity contribution in [2.45, 2.75) is 50.7 Å². The molecule has 2 fully saturated rings. The number of nitrogens with zero attached hydrogens (tertiary/aromatic N) is 4. The molecule has 0 bridgehead atoms. The monoisotopic (exact) mass is 318 g/mol. The Morgan fingerprint density at radius 1 is 1.35 bits per heavy atom. The molecule has 1 aliphatic carbocycles. The lowest BCUT2D eigenvalue weighted by molar-refractivity contribution is -0.136. The minimum absolute atomic E-state index is 0.0785. The Labute approximate surface area is 137 Å². The molecular formula is C17H26N4O2. The molecule has 6 nitrogen and oxygen atoms in total. The van der Waals surface area contributed by atoms with Crippen LogP contribution in [0, 0.1) is 5.92 Å². The molecule has 0 aromatic carbocycles. The number of hydrogen-bond donors (Lipinski definition) is 1. The molecule has 23 heavy (non-hydrogen) atoms. The first-order valence-corrected chi connectivity index (χ1v) is 8.62. The lowest BCUT2D eigenvalue weighted by Crippen LogP contribution is -2.44. The van der Waals surface area contributed by atoms with E-state index in [0.29, 0.717) is 6.04 Å². The number of aliphatic hydroxyl groups excluding tert-OH is 1. The molecule has 0 unspecified atom stereocenters. The number of carbonyl (C=O) groups excluding carboxylic acids is 1. The first-order valence-electron chi connectivity index (χ1n) is 8.62. The third kappa shape index (κ3) is 3.80. The molecule has 2 heterocycles. The second-order valence-electron chi connectivity index (χ2n) is 6.80. The predicted molar refractivity (Wildman–Crippen MR) is 88.0 cm³/mol. The number of carbonyl (C=O) groups is 1. The zero-order chi connectivity index (χ0) is 16.2. The number of amides is 1. The Balaban J connectivity index is 1.58. The van der Waals surface area contributed by atoms with Crippen molar-refractivity contribution in [3.05, 3.63) is 18.3 Å². The molecule has 1 aliphatic heterocycles. The summed E-state index contributed by atoms with van der Waals surface area (Å²) in [5.41, 5.74) is 0. The third-order valence-corrected chi connectivity index (χ3v) is 5.14. The van der Waals surface area contributed by atoms with Gasteiger partial charge in [-0.1, -0.05) is 0 Å². The second-order valence-corrected chi connectivity index (χ2v) is 6.80. The van der Waals surface area contributed by atoms with E-state index in [2.05, 4.69) is 15.1 Å². The van der Waals surface area contributed by atoms with Crippen LogP contribution < -0.4 is 4.90 Å². The minimum Gasteiger partial charge on any atom is -0.393 e. The zero-order valence-corrected chi connectivity index (χ0v) is 13.8. The van der Waals surface area contributed by atoms with Gasteiger partial charge in [0, 0.05) is 38.3 Å². The fraction of sp³-hybridized carbons (Fsp3) is 0.706. The van der Waals surface area contributed by atoms with Crippen LogP contribution in [0.2, 0.25) is 0 Å². The lowest BCUT2D eigenvalue weighted by atomic mass is 9.86. The number of anilines is 1. The van der Waals surface area contributed by atoms with Crippen LogP contribution in [0.5, 0.6) is 0 Å². The highest BCUT2D eigenvalue weighted by molar-refractivity contribution is 5.78. The van der Waals surface area contributed by atoms with Crippen LogP contribution >= 0.6 is 0 Å². The van der Waals surface area contributed by atoms with Gasteiger partial charge in [0.2, 0.25) is 5.91 Å². The Morgan fingerprint density at radius 2 is 2.13 bits per heavy atom. The van der Waals surface area contributed by atoms with E-state index >= 15 is 0 Å². The molecule has 6 heteroatoms. The Kier molecular flexibility index (Phi) is 5.10. The van der Waals surface area contributed by atoms with E-state index < -0.39 is 0 Å². The van der Waals surface area contributed by atoms with E-state index in [-0.39, 0.29) is 17.9 Å². The van der Waals surface area contributed by atoms with Crippen molar-refractivity contribution in [1.82, 2.24) is 15.1 Å². The van der Waals surface area contributed by atoms with Gasteiger partial charge >= 0.3 is 0 Å². The molecule has 1 amide bonds. The molecule has 1 aromatic heterocycles. The van der Waals surface area contributed by atoms with Crippen molar-refractivity contribution in [3.8, 4) is 0 Å². The largest absolute Gasteiger partial charge is 0.393 e. The van der Waals surface area contributed by atoms with Gasteiger partial charge in [-0.25, -0.2) is 0 Å². The van der Waals surface area contributed by atoms with Gasteiger partial charge in [-0.3, -0.25) is 4.79 Å². The first-order chi connectivity index (χ1) is 11.1. The van der Waals surface area contributed by atoms with Crippen LogP contribution in [0.25, 0.3) is 0 Å². The highest BCUT2D eigenvalue weighted by Crippen LogP contribution is 2.27. The molecule has 1 aromatic rings. The predicted octanol–water partition coefficient (Wildman–Crippen LogP) is 1.45. The Morgan fingerprint density at radius 3 is 2.83 bits per heavy atom. The van der Waals surface area contributed by atoms with Crippen molar-refractivity contribution >= 4 is 11.7 Å². The van der Waals surface area contributed by atoms with Crippen LogP contribution in [-0.4, -0.2) is 58.4 Å². The van der Waals surface area contributed by atoms with E-state index in [1.165, 1.54) is 0 Å². The standard InChI is InChI=1S/C17H26N4O2/c1-20(17(23)13-6-8-15(22)9-7-13)12-14-4-3-11-21(14)16-5-2-10-18-19-16/h2,5,10,13-15,22H,3-4,6-9,11-12H2,1H3/t13?,14-,15?/m0/s1. The molecule has 1 saturated carbocycles. The fourth-order valence-electron chi connectivity index (χ4n) is 3.81. The van der Waals surface area contributed by atoms with Gasteiger partial charge in [0.25, 0.3) is 0 Å². The summed E-state index contributed by atoms with van der Waals surface area (Å²) in [4.78, 5) is 16.8. The Bertz CT molecular complexity index is 517. The van der Waals surface area contributed by atoms with Crippen LogP contribution in [0.3, 0.4) is 0 Å². The van der Waals surface area contributed by atoms with Gasteiger partial charge in [-0.15, -0.1) is 5.10 Å². The van der Waals surface area contributed by atoms with Gasteiger partial charge in [-0.05, 0) is 50.7 Å². The average molecular weight is 318 g/mol. The van der Waals surface area contributed by atoms with Crippen molar-refractivity contribution < 1.29 is 9.90 Å². The smallest absolute Gasteiger partial charge is 0.225 e. The normalized spacial score (nSPS) is 27.9. The van der Waals surface area contributed by atoms with Crippen LogP contribution in [0.1, 0.15) is 38.5 Å². The summed E-state index contributed by atoms with van der Waals surface area (Å²) in [6, 6.07) is 4.20. The number of likely N-dealkylation sites (N-methyl/N-ethyl adjacent to an activating group) is 1. The van der Waals surface area contributed by atoms with E-state index in [1.54, 1.807) is 6.20 Å². The second kappa shape index (κ2) is 7.25. The third-order valence-electron chi connectivity index (χ3n) is 5.14. The van der Waals surface area contributed by atoms with E-state index in [4.69, 9.17) is 0 Å². The van der Waals surface area contributed by atoms with Gasteiger partial charge < -0.3 is 14.9 Å². The van der Waals surface area contributed by atoms with Crippen LogP contribution in [0.4, 0.5) is 5.82 Å². The summed E-state index contributed by atoms with van der Waals surface area (Å²) in [7, 11) is 1.90. The van der Waals surface area contributed by atoms with Gasteiger partial charge in [0.1, 0.15) is 0 Å². The summed E-state index contributed by atoms with van der Waals surface area (Å²) in [6.07, 6.45) is 6.79. The number of hydrogen-bond acceptors (Lipinski definition) is 5. The molecule has 3 rings (SSSR count). The van der Waals surface area contributed by atoms with Crippen molar-refractivity contribution in [2.24, 2.45) is 5.92 Å². The summed E-state index contributed by atoms with van der Waals surface area (Å²) in [6.45, 7) is 1.70.